The molecule has 2 aromatic carbocycles. The Morgan fingerprint density at radius 1 is 1.24 bits per heavy atom. The fourth-order valence-electron chi connectivity index (χ4n) is 2.04. The van der Waals surface area contributed by atoms with E-state index in [9.17, 15) is 4.79 Å². The highest BCUT2D eigenvalue weighted by molar-refractivity contribution is 9.10. The molecule has 4 nitrogen and oxygen atoms in total. The number of nitrogens with two attached hydrogens (primary N) is 1. The van der Waals surface area contributed by atoms with Crippen LogP contribution in [0.15, 0.2) is 40.9 Å². The number of nitrogens with zero attached hydrogens (tertiary/aromatic N) is 1. The lowest BCUT2D eigenvalue weighted by Gasteiger charge is -2.16. The van der Waals surface area contributed by atoms with Crippen LogP contribution in [0.1, 0.15) is 15.9 Å². The van der Waals surface area contributed by atoms with Crippen molar-refractivity contribution in [1.82, 2.24) is 0 Å². The Hall–Kier alpha value is -2.01. The van der Waals surface area contributed by atoms with E-state index in [1.165, 1.54) is 0 Å². The number of nitrogens with one attached hydrogen (secondary N) is 1. The third kappa shape index (κ3) is 3.36. The van der Waals surface area contributed by atoms with Gasteiger partial charge in [0.1, 0.15) is 0 Å². The van der Waals surface area contributed by atoms with Crippen LogP contribution in [-0.4, -0.2) is 20.0 Å². The largest absolute Gasteiger partial charge is 0.397 e. The van der Waals surface area contributed by atoms with E-state index >= 15 is 0 Å². The summed E-state index contributed by atoms with van der Waals surface area (Å²) in [6.07, 6.45) is 0. The Morgan fingerprint density at radius 3 is 2.57 bits per heavy atom. The summed E-state index contributed by atoms with van der Waals surface area (Å²) in [5.74, 6) is -0.173. The van der Waals surface area contributed by atoms with Crippen LogP contribution in [0.4, 0.5) is 17.1 Å². The molecule has 0 spiro atoms. The number of halogens is 1. The van der Waals surface area contributed by atoms with Gasteiger partial charge in [-0.1, -0.05) is 22.0 Å². The van der Waals surface area contributed by atoms with Gasteiger partial charge in [0, 0.05) is 29.8 Å². The second-order valence-corrected chi connectivity index (χ2v) is 5.89. The number of anilines is 3. The summed E-state index contributed by atoms with van der Waals surface area (Å²) in [5, 5.41) is 2.91. The molecule has 0 unspecified atom stereocenters. The molecule has 0 radical (unpaired) electrons. The average molecular weight is 348 g/mol. The van der Waals surface area contributed by atoms with E-state index in [4.69, 9.17) is 5.73 Å². The lowest BCUT2D eigenvalue weighted by Crippen LogP contribution is -2.15. The van der Waals surface area contributed by atoms with Gasteiger partial charge in [-0.15, -0.1) is 0 Å². The summed E-state index contributed by atoms with van der Waals surface area (Å²) in [6.45, 7) is 1.95. The first-order chi connectivity index (χ1) is 9.90. The van der Waals surface area contributed by atoms with Crippen LogP contribution in [0.5, 0.6) is 0 Å². The zero-order valence-corrected chi connectivity index (χ0v) is 13.9. The van der Waals surface area contributed by atoms with E-state index in [-0.39, 0.29) is 5.91 Å². The standard InChI is InChI=1S/C16H18BrN3O/c1-10-12(17)5-4-6-14(10)19-16(21)11-7-8-15(20(2)3)13(18)9-11/h4-9H,18H2,1-3H3,(H,19,21). The number of nitrogen functional groups attached to an aromatic ring is 1. The first kappa shape index (κ1) is 15.4. The smallest absolute Gasteiger partial charge is 0.255 e. The molecule has 0 heterocycles. The van der Waals surface area contributed by atoms with Crippen LogP contribution in [0, 0.1) is 6.92 Å². The molecule has 0 aliphatic carbocycles. The summed E-state index contributed by atoms with van der Waals surface area (Å²) in [5.41, 5.74) is 9.77. The number of hydrogen-bond acceptors (Lipinski definition) is 3. The Labute approximate surface area is 133 Å². The topological polar surface area (TPSA) is 58.4 Å². The average Bonchev–Trinajstić information content (AvgIpc) is 2.43. The first-order valence-electron chi connectivity index (χ1n) is 6.53. The zero-order chi connectivity index (χ0) is 15.6. The highest BCUT2D eigenvalue weighted by Gasteiger charge is 2.11. The van der Waals surface area contributed by atoms with Crippen molar-refractivity contribution < 1.29 is 4.79 Å². The van der Waals surface area contributed by atoms with Crippen molar-refractivity contribution in [1.29, 1.82) is 0 Å². The molecule has 3 N–H and O–H groups in total. The maximum absolute atomic E-state index is 12.3. The Balaban J connectivity index is 2.25. The fraction of sp³-hybridized carbons (Fsp3) is 0.188. The van der Waals surface area contributed by atoms with Crippen molar-refractivity contribution in [2.24, 2.45) is 0 Å². The van der Waals surface area contributed by atoms with Crippen molar-refractivity contribution in [2.45, 2.75) is 6.92 Å². The normalized spacial score (nSPS) is 10.3. The minimum atomic E-state index is -0.173. The molecule has 21 heavy (non-hydrogen) atoms. The molecule has 5 heteroatoms. The van der Waals surface area contributed by atoms with Crippen molar-refractivity contribution in [3.63, 3.8) is 0 Å². The van der Waals surface area contributed by atoms with Gasteiger partial charge in [-0.05, 0) is 42.8 Å². The highest BCUT2D eigenvalue weighted by Crippen LogP contribution is 2.25. The van der Waals surface area contributed by atoms with Gasteiger partial charge in [0.05, 0.1) is 11.4 Å². The lowest BCUT2D eigenvalue weighted by molar-refractivity contribution is 0.102. The zero-order valence-electron chi connectivity index (χ0n) is 12.3. The second-order valence-electron chi connectivity index (χ2n) is 5.03. The van der Waals surface area contributed by atoms with E-state index in [1.54, 1.807) is 12.1 Å². The summed E-state index contributed by atoms with van der Waals surface area (Å²) in [6, 6.07) is 11.0. The molecular formula is C16H18BrN3O. The third-order valence-electron chi connectivity index (χ3n) is 3.29. The summed E-state index contributed by atoms with van der Waals surface area (Å²) >= 11 is 3.45. The molecule has 2 aromatic rings. The van der Waals surface area contributed by atoms with Gasteiger partial charge in [-0.25, -0.2) is 0 Å². The van der Waals surface area contributed by atoms with Crippen molar-refractivity contribution >= 4 is 38.9 Å². The minimum Gasteiger partial charge on any atom is -0.397 e. The van der Waals surface area contributed by atoms with Gasteiger partial charge in [-0.2, -0.15) is 0 Å². The first-order valence-corrected chi connectivity index (χ1v) is 7.32. The van der Waals surface area contributed by atoms with Crippen molar-refractivity contribution in [3.05, 3.63) is 52.0 Å². The second kappa shape index (κ2) is 6.18. The molecule has 110 valence electrons. The number of carbonyl (C=O) groups excluding carboxylic acids is 1. The number of hydrogen-bond donors (Lipinski definition) is 2. The molecule has 1 amide bonds. The number of amides is 1. The summed E-state index contributed by atoms with van der Waals surface area (Å²) in [7, 11) is 3.83. The van der Waals surface area contributed by atoms with Crippen LogP contribution in [0.2, 0.25) is 0 Å². The summed E-state index contributed by atoms with van der Waals surface area (Å²) < 4.78 is 0.961. The van der Waals surface area contributed by atoms with Gasteiger partial charge in [-0.3, -0.25) is 4.79 Å². The molecule has 0 aliphatic rings. The highest BCUT2D eigenvalue weighted by atomic mass is 79.9. The van der Waals surface area contributed by atoms with E-state index in [2.05, 4.69) is 21.2 Å². The van der Waals surface area contributed by atoms with E-state index < -0.39 is 0 Å². The molecule has 0 saturated carbocycles. The van der Waals surface area contributed by atoms with Gasteiger partial charge >= 0.3 is 0 Å². The van der Waals surface area contributed by atoms with Crippen LogP contribution in [0.25, 0.3) is 0 Å². The number of carbonyl (C=O) groups is 1. The lowest BCUT2D eigenvalue weighted by atomic mass is 10.1. The van der Waals surface area contributed by atoms with Gasteiger partial charge in [0.2, 0.25) is 0 Å². The Kier molecular flexibility index (Phi) is 4.53. The van der Waals surface area contributed by atoms with E-state index in [1.807, 2.05) is 50.2 Å². The van der Waals surface area contributed by atoms with Crippen LogP contribution >= 0.6 is 15.9 Å². The molecule has 2 rings (SSSR count). The minimum absolute atomic E-state index is 0.173. The van der Waals surface area contributed by atoms with Crippen LogP contribution in [0.3, 0.4) is 0 Å². The SMILES string of the molecule is Cc1c(Br)cccc1NC(=O)c1ccc(N(C)C)c(N)c1. The fourth-order valence-corrected chi connectivity index (χ4v) is 2.41. The monoisotopic (exact) mass is 347 g/mol. The Bertz CT molecular complexity index is 683. The van der Waals surface area contributed by atoms with E-state index in [0.29, 0.717) is 11.3 Å². The molecular weight excluding hydrogens is 330 g/mol. The van der Waals surface area contributed by atoms with E-state index in [0.717, 1.165) is 21.4 Å². The predicted molar refractivity (Wildman–Crippen MR) is 92.0 cm³/mol. The molecule has 0 atom stereocenters. The Morgan fingerprint density at radius 2 is 1.95 bits per heavy atom. The van der Waals surface area contributed by atoms with Gasteiger partial charge in [0.15, 0.2) is 0 Å². The summed E-state index contributed by atoms with van der Waals surface area (Å²) in [4.78, 5) is 14.2. The van der Waals surface area contributed by atoms with Gasteiger partial charge < -0.3 is 16.0 Å². The maximum Gasteiger partial charge on any atom is 0.255 e. The van der Waals surface area contributed by atoms with Gasteiger partial charge in [0.25, 0.3) is 5.91 Å². The van der Waals surface area contributed by atoms with Crippen LogP contribution < -0.4 is 16.0 Å². The quantitative estimate of drug-likeness (QED) is 0.833. The van der Waals surface area contributed by atoms with Crippen LogP contribution in [-0.2, 0) is 0 Å². The molecule has 0 bridgehead atoms. The predicted octanol–water partition coefficient (Wildman–Crippen LogP) is 3.66. The maximum atomic E-state index is 12.3. The van der Waals surface area contributed by atoms with Crippen molar-refractivity contribution in [2.75, 3.05) is 30.0 Å². The molecule has 0 fully saturated rings. The molecule has 0 aliphatic heterocycles. The third-order valence-corrected chi connectivity index (χ3v) is 4.15. The molecule has 0 saturated heterocycles. The number of rotatable bonds is 3. The van der Waals surface area contributed by atoms with Crippen molar-refractivity contribution in [3.8, 4) is 0 Å². The number of benzene rings is 2. The molecule has 0 aromatic heterocycles.